The molecule has 2 rings (SSSR count). The highest BCUT2D eigenvalue weighted by Crippen LogP contribution is 2.23. The van der Waals surface area contributed by atoms with Crippen molar-refractivity contribution in [3.05, 3.63) is 33.8 Å². The Balaban J connectivity index is 2.52. The van der Waals surface area contributed by atoms with Crippen molar-refractivity contribution in [1.82, 2.24) is 10.2 Å². The molecule has 0 radical (unpaired) electrons. The number of benzene rings is 1. The van der Waals surface area contributed by atoms with Gasteiger partial charge in [-0.1, -0.05) is 11.3 Å². The summed E-state index contributed by atoms with van der Waals surface area (Å²) in [6.45, 7) is 0. The van der Waals surface area contributed by atoms with Crippen LogP contribution in [0.3, 0.4) is 0 Å². The van der Waals surface area contributed by atoms with Crippen molar-refractivity contribution in [2.75, 3.05) is 0 Å². The predicted molar refractivity (Wildman–Crippen MR) is 52.7 cm³/mol. The molecule has 0 atom stereocenters. The molecule has 0 amide bonds. The van der Waals surface area contributed by atoms with Gasteiger partial charge in [0.2, 0.25) is 0 Å². The maximum absolute atomic E-state index is 12.8. The molecule has 0 spiro atoms. The van der Waals surface area contributed by atoms with Crippen LogP contribution in [0.5, 0.6) is 0 Å². The van der Waals surface area contributed by atoms with Crippen LogP contribution in [0, 0.1) is 15.6 Å². The summed E-state index contributed by atoms with van der Waals surface area (Å²) in [5, 5.41) is 6.98. The van der Waals surface area contributed by atoms with Crippen LogP contribution in [-0.2, 0) is 0 Å². The van der Waals surface area contributed by atoms with E-state index in [1.807, 2.05) is 0 Å². The first-order valence-electron chi connectivity index (χ1n) is 3.68. The van der Waals surface area contributed by atoms with E-state index in [1.165, 1.54) is 17.4 Å². The molecule has 2 nitrogen and oxygen atoms in total. The van der Waals surface area contributed by atoms with Crippen LogP contribution in [0.15, 0.2) is 18.2 Å². The molecule has 14 heavy (non-hydrogen) atoms. The molecule has 0 saturated heterocycles. The largest absolute Gasteiger partial charge is 0.258 e. The third-order valence-corrected chi connectivity index (χ3v) is 2.74. The van der Waals surface area contributed by atoms with Crippen molar-refractivity contribution < 1.29 is 8.78 Å². The number of hydrogen-bond acceptors (Lipinski definition) is 3. The lowest BCUT2D eigenvalue weighted by molar-refractivity contribution is 0.509. The van der Waals surface area contributed by atoms with Crippen molar-refractivity contribution in [2.24, 2.45) is 0 Å². The van der Waals surface area contributed by atoms with Gasteiger partial charge < -0.3 is 0 Å². The fraction of sp³-hybridized carbons (Fsp3) is 0. The lowest BCUT2D eigenvalue weighted by atomic mass is 10.2. The van der Waals surface area contributed by atoms with Crippen LogP contribution in [-0.4, -0.2) is 10.2 Å². The molecule has 1 aromatic heterocycles. The Morgan fingerprint density at radius 1 is 1.29 bits per heavy atom. The third-order valence-electron chi connectivity index (χ3n) is 1.60. The minimum atomic E-state index is -0.886. The number of H-pyrrole nitrogens is 1. The van der Waals surface area contributed by atoms with Crippen LogP contribution < -0.4 is 0 Å². The van der Waals surface area contributed by atoms with Gasteiger partial charge in [0.15, 0.2) is 15.6 Å². The van der Waals surface area contributed by atoms with Crippen LogP contribution in [0.1, 0.15) is 0 Å². The molecular weight excluding hydrogens is 226 g/mol. The van der Waals surface area contributed by atoms with Gasteiger partial charge in [-0.15, -0.1) is 0 Å². The lowest BCUT2D eigenvalue weighted by Gasteiger charge is -1.95. The summed E-state index contributed by atoms with van der Waals surface area (Å²) in [7, 11) is 0. The van der Waals surface area contributed by atoms with Crippen molar-refractivity contribution >= 4 is 23.6 Å². The maximum atomic E-state index is 12.8. The Morgan fingerprint density at radius 3 is 2.64 bits per heavy atom. The van der Waals surface area contributed by atoms with E-state index in [0.29, 0.717) is 14.5 Å². The Hall–Kier alpha value is -1.14. The van der Waals surface area contributed by atoms with Gasteiger partial charge in [0.05, 0.1) is 0 Å². The number of hydrogen-bond donors (Lipinski definition) is 1. The number of nitrogens with one attached hydrogen (secondary N) is 1. The second-order valence-electron chi connectivity index (χ2n) is 2.55. The first kappa shape index (κ1) is 9.42. The fourth-order valence-electron chi connectivity index (χ4n) is 0.982. The van der Waals surface area contributed by atoms with Crippen molar-refractivity contribution in [1.29, 1.82) is 0 Å². The molecule has 72 valence electrons. The van der Waals surface area contributed by atoms with E-state index in [4.69, 9.17) is 12.2 Å². The van der Waals surface area contributed by atoms with Gasteiger partial charge in [0, 0.05) is 5.56 Å². The highest BCUT2D eigenvalue weighted by molar-refractivity contribution is 7.73. The number of halogens is 2. The van der Waals surface area contributed by atoms with Gasteiger partial charge in [0.25, 0.3) is 0 Å². The van der Waals surface area contributed by atoms with Gasteiger partial charge in [-0.2, -0.15) is 5.10 Å². The Labute approximate surface area is 87.2 Å². The molecular formula is C8H4F2N2S2. The minimum Gasteiger partial charge on any atom is -0.258 e. The molecule has 6 heteroatoms. The number of nitrogens with zero attached hydrogens (tertiary/aromatic N) is 1. The summed E-state index contributed by atoms with van der Waals surface area (Å²) in [4.78, 5) is 0. The third kappa shape index (κ3) is 1.71. The number of aromatic nitrogens is 2. The van der Waals surface area contributed by atoms with Crippen LogP contribution in [0.4, 0.5) is 8.78 Å². The van der Waals surface area contributed by atoms with Gasteiger partial charge in [-0.3, -0.25) is 5.10 Å². The topological polar surface area (TPSA) is 28.7 Å². The molecule has 0 unspecified atom stereocenters. The van der Waals surface area contributed by atoms with Crippen LogP contribution in [0.2, 0.25) is 0 Å². The van der Waals surface area contributed by atoms with E-state index in [1.54, 1.807) is 0 Å². The van der Waals surface area contributed by atoms with Gasteiger partial charge in [0.1, 0.15) is 5.01 Å². The smallest absolute Gasteiger partial charge is 0.176 e. The van der Waals surface area contributed by atoms with E-state index in [2.05, 4.69) is 10.2 Å². The molecule has 1 N–H and O–H groups in total. The second kappa shape index (κ2) is 3.55. The number of rotatable bonds is 1. The van der Waals surface area contributed by atoms with E-state index in [-0.39, 0.29) is 0 Å². The normalized spacial score (nSPS) is 10.4. The predicted octanol–water partition coefficient (Wildman–Crippen LogP) is 3.15. The molecule has 0 bridgehead atoms. The van der Waals surface area contributed by atoms with E-state index < -0.39 is 11.6 Å². The Bertz CT molecular complexity index is 518. The zero-order chi connectivity index (χ0) is 10.1. The molecule has 2 aromatic rings. The van der Waals surface area contributed by atoms with E-state index in [0.717, 1.165) is 12.1 Å². The standard InChI is InChI=1S/C8H4F2N2S2/c9-5-2-1-4(3-6(5)10)7-11-12-8(13)14-7/h1-3H,(H,12,13). The van der Waals surface area contributed by atoms with Gasteiger partial charge in [-0.05, 0) is 30.4 Å². The fourth-order valence-corrected chi connectivity index (χ4v) is 1.87. The summed E-state index contributed by atoms with van der Waals surface area (Å²) < 4.78 is 25.9. The van der Waals surface area contributed by atoms with E-state index >= 15 is 0 Å². The van der Waals surface area contributed by atoms with Crippen LogP contribution >= 0.6 is 23.6 Å². The molecule has 1 heterocycles. The molecule has 0 aliphatic rings. The van der Waals surface area contributed by atoms with Gasteiger partial charge in [-0.25, -0.2) is 8.78 Å². The Morgan fingerprint density at radius 2 is 2.07 bits per heavy atom. The highest BCUT2D eigenvalue weighted by Gasteiger charge is 2.06. The average Bonchev–Trinajstić information content (AvgIpc) is 2.57. The van der Waals surface area contributed by atoms with Crippen molar-refractivity contribution in [2.45, 2.75) is 0 Å². The minimum absolute atomic E-state index is 0.504. The summed E-state index contributed by atoms with van der Waals surface area (Å²) >= 11 is 6.04. The van der Waals surface area contributed by atoms with Crippen molar-refractivity contribution in [3.63, 3.8) is 0 Å². The highest BCUT2D eigenvalue weighted by atomic mass is 32.1. The molecule has 0 fully saturated rings. The second-order valence-corrected chi connectivity index (χ2v) is 4.21. The Kier molecular flexibility index (Phi) is 2.39. The molecule has 0 aliphatic carbocycles. The summed E-state index contributed by atoms with van der Waals surface area (Å²) in [5.74, 6) is -1.75. The summed E-state index contributed by atoms with van der Waals surface area (Å²) in [6, 6.07) is 3.62. The molecule has 0 aliphatic heterocycles. The average molecular weight is 230 g/mol. The van der Waals surface area contributed by atoms with Gasteiger partial charge >= 0.3 is 0 Å². The van der Waals surface area contributed by atoms with Crippen LogP contribution in [0.25, 0.3) is 10.6 Å². The monoisotopic (exact) mass is 230 g/mol. The first-order valence-corrected chi connectivity index (χ1v) is 4.90. The van der Waals surface area contributed by atoms with E-state index in [9.17, 15) is 8.78 Å². The maximum Gasteiger partial charge on any atom is 0.176 e. The number of aromatic amines is 1. The zero-order valence-corrected chi connectivity index (χ0v) is 8.38. The summed E-state index contributed by atoms with van der Waals surface area (Å²) in [6.07, 6.45) is 0. The lowest BCUT2D eigenvalue weighted by Crippen LogP contribution is -1.84. The molecule has 1 aromatic carbocycles. The SMILES string of the molecule is Fc1ccc(-c2n[nH]c(=S)s2)cc1F. The van der Waals surface area contributed by atoms with Crippen molar-refractivity contribution in [3.8, 4) is 10.6 Å². The zero-order valence-electron chi connectivity index (χ0n) is 6.75. The first-order chi connectivity index (χ1) is 6.66. The quantitative estimate of drug-likeness (QED) is 0.762. The molecule has 0 saturated carbocycles. The summed E-state index contributed by atoms with van der Waals surface area (Å²) in [5.41, 5.74) is 0.515.